The topological polar surface area (TPSA) is 38.1 Å². The lowest BCUT2D eigenvalue weighted by molar-refractivity contribution is 0.0713. The van der Waals surface area contributed by atoms with Crippen molar-refractivity contribution in [1.29, 1.82) is 0 Å². The van der Waals surface area contributed by atoms with Gasteiger partial charge in [-0.05, 0) is 35.1 Å². The summed E-state index contributed by atoms with van der Waals surface area (Å²) in [6.07, 6.45) is 5.47. The standard InChI is InChI=1S/C20H21N3O/c1-22-14-17(13-21-22)20(24)23-11-9-16(10-12-23)19-8-4-6-15-5-2-3-7-18(15)19/h2-8,13-14,16H,9-12H2,1H3. The Hall–Kier alpha value is -2.62. The quantitative estimate of drug-likeness (QED) is 0.724. The molecule has 0 aliphatic carbocycles. The van der Waals surface area contributed by atoms with E-state index >= 15 is 0 Å². The molecule has 1 aliphatic heterocycles. The minimum Gasteiger partial charge on any atom is -0.339 e. The largest absolute Gasteiger partial charge is 0.339 e. The van der Waals surface area contributed by atoms with Gasteiger partial charge in [-0.15, -0.1) is 0 Å². The zero-order valence-corrected chi connectivity index (χ0v) is 13.9. The summed E-state index contributed by atoms with van der Waals surface area (Å²) in [6.45, 7) is 1.61. The molecule has 0 radical (unpaired) electrons. The van der Waals surface area contributed by atoms with Gasteiger partial charge in [-0.25, -0.2) is 0 Å². The Morgan fingerprint density at radius 3 is 2.58 bits per heavy atom. The van der Waals surface area contributed by atoms with Crippen LogP contribution in [0.2, 0.25) is 0 Å². The van der Waals surface area contributed by atoms with Crippen LogP contribution in [-0.2, 0) is 7.05 Å². The van der Waals surface area contributed by atoms with Crippen LogP contribution >= 0.6 is 0 Å². The molecule has 4 heteroatoms. The summed E-state index contributed by atoms with van der Waals surface area (Å²) in [6, 6.07) is 15.1. The van der Waals surface area contributed by atoms with Gasteiger partial charge in [0, 0.05) is 26.3 Å². The van der Waals surface area contributed by atoms with Gasteiger partial charge in [-0.3, -0.25) is 9.48 Å². The first-order valence-electron chi connectivity index (χ1n) is 8.48. The van der Waals surface area contributed by atoms with Crippen molar-refractivity contribution >= 4 is 16.7 Å². The summed E-state index contributed by atoms with van der Waals surface area (Å²) in [4.78, 5) is 14.5. The molecule has 0 atom stereocenters. The fourth-order valence-corrected chi connectivity index (χ4v) is 3.71. The average Bonchev–Trinajstić information content (AvgIpc) is 3.07. The molecule has 1 amide bonds. The summed E-state index contributed by atoms with van der Waals surface area (Å²) in [5, 5.41) is 6.74. The molecule has 1 aromatic heterocycles. The molecule has 0 bridgehead atoms. The molecule has 0 saturated carbocycles. The third-order valence-electron chi connectivity index (χ3n) is 5.00. The van der Waals surface area contributed by atoms with Crippen LogP contribution in [0.3, 0.4) is 0 Å². The Morgan fingerprint density at radius 1 is 1.08 bits per heavy atom. The predicted octanol–water partition coefficient (Wildman–Crippen LogP) is 3.59. The molecule has 0 spiro atoms. The van der Waals surface area contributed by atoms with Crippen LogP contribution in [0.5, 0.6) is 0 Å². The molecule has 1 saturated heterocycles. The second-order valence-electron chi connectivity index (χ2n) is 6.54. The first-order valence-corrected chi connectivity index (χ1v) is 8.48. The number of likely N-dealkylation sites (tertiary alicyclic amines) is 1. The SMILES string of the molecule is Cn1cc(C(=O)N2CCC(c3cccc4ccccc34)CC2)cn1. The van der Waals surface area contributed by atoms with Crippen molar-refractivity contribution in [3.8, 4) is 0 Å². The highest BCUT2D eigenvalue weighted by Crippen LogP contribution is 2.33. The normalized spacial score (nSPS) is 15.8. The highest BCUT2D eigenvalue weighted by Gasteiger charge is 2.25. The van der Waals surface area contributed by atoms with Gasteiger partial charge in [0.1, 0.15) is 0 Å². The number of aryl methyl sites for hydroxylation is 1. The molecule has 1 aliphatic rings. The fraction of sp³-hybridized carbons (Fsp3) is 0.300. The molecular weight excluding hydrogens is 298 g/mol. The van der Waals surface area contributed by atoms with E-state index in [-0.39, 0.29) is 5.91 Å². The van der Waals surface area contributed by atoms with Gasteiger partial charge in [0.15, 0.2) is 0 Å². The number of hydrogen-bond donors (Lipinski definition) is 0. The Bertz CT molecular complexity index is 870. The molecule has 122 valence electrons. The summed E-state index contributed by atoms with van der Waals surface area (Å²) >= 11 is 0. The van der Waals surface area contributed by atoms with Crippen LogP contribution in [-0.4, -0.2) is 33.7 Å². The highest BCUT2D eigenvalue weighted by molar-refractivity contribution is 5.93. The number of nitrogens with zero attached hydrogens (tertiary/aromatic N) is 3. The lowest BCUT2D eigenvalue weighted by Gasteiger charge is -2.32. The Labute approximate surface area is 141 Å². The lowest BCUT2D eigenvalue weighted by Crippen LogP contribution is -2.37. The third kappa shape index (κ3) is 2.68. The van der Waals surface area contributed by atoms with Gasteiger partial charge in [-0.2, -0.15) is 5.10 Å². The molecule has 0 unspecified atom stereocenters. The number of piperidine rings is 1. The maximum atomic E-state index is 12.5. The van der Waals surface area contributed by atoms with E-state index in [0.717, 1.165) is 25.9 Å². The van der Waals surface area contributed by atoms with Crippen molar-refractivity contribution in [1.82, 2.24) is 14.7 Å². The lowest BCUT2D eigenvalue weighted by atomic mass is 9.86. The number of amides is 1. The van der Waals surface area contributed by atoms with Crippen LogP contribution in [0.25, 0.3) is 10.8 Å². The van der Waals surface area contributed by atoms with E-state index in [1.54, 1.807) is 17.1 Å². The number of carbonyl (C=O) groups excluding carboxylic acids is 1. The number of carbonyl (C=O) groups is 1. The number of fused-ring (bicyclic) bond motifs is 1. The predicted molar refractivity (Wildman–Crippen MR) is 95.0 cm³/mol. The van der Waals surface area contributed by atoms with Crippen molar-refractivity contribution in [3.05, 3.63) is 66.0 Å². The monoisotopic (exact) mass is 319 g/mol. The Kier molecular flexibility index (Phi) is 3.81. The van der Waals surface area contributed by atoms with Crippen molar-refractivity contribution in [3.63, 3.8) is 0 Å². The summed E-state index contributed by atoms with van der Waals surface area (Å²) in [5.74, 6) is 0.619. The van der Waals surface area contributed by atoms with Gasteiger partial charge in [0.05, 0.1) is 11.8 Å². The summed E-state index contributed by atoms with van der Waals surface area (Å²) < 4.78 is 1.68. The molecule has 3 aromatic rings. The number of aromatic nitrogens is 2. The summed E-state index contributed by atoms with van der Waals surface area (Å²) in [5.41, 5.74) is 2.10. The smallest absolute Gasteiger partial charge is 0.257 e. The highest BCUT2D eigenvalue weighted by atomic mass is 16.2. The van der Waals surface area contributed by atoms with Crippen molar-refractivity contribution in [2.75, 3.05) is 13.1 Å². The molecule has 1 fully saturated rings. The number of benzene rings is 2. The zero-order chi connectivity index (χ0) is 16.5. The van der Waals surface area contributed by atoms with Crippen LogP contribution in [0.4, 0.5) is 0 Å². The fourth-order valence-electron chi connectivity index (χ4n) is 3.71. The zero-order valence-electron chi connectivity index (χ0n) is 13.9. The van der Waals surface area contributed by atoms with Gasteiger partial charge in [-0.1, -0.05) is 42.5 Å². The molecule has 2 aromatic carbocycles. The van der Waals surface area contributed by atoms with E-state index in [1.165, 1.54) is 16.3 Å². The van der Waals surface area contributed by atoms with Crippen LogP contribution in [0.15, 0.2) is 54.9 Å². The van der Waals surface area contributed by atoms with E-state index < -0.39 is 0 Å². The average molecular weight is 319 g/mol. The minimum absolute atomic E-state index is 0.0967. The first-order chi connectivity index (χ1) is 11.7. The molecule has 4 rings (SSSR count). The summed E-state index contributed by atoms with van der Waals surface area (Å²) in [7, 11) is 1.84. The molecule has 2 heterocycles. The maximum Gasteiger partial charge on any atom is 0.257 e. The first kappa shape index (κ1) is 14.9. The van der Waals surface area contributed by atoms with Crippen molar-refractivity contribution < 1.29 is 4.79 Å². The Balaban J connectivity index is 1.50. The molecule has 4 nitrogen and oxygen atoms in total. The van der Waals surface area contributed by atoms with E-state index in [4.69, 9.17) is 0 Å². The van der Waals surface area contributed by atoms with Gasteiger partial charge < -0.3 is 4.90 Å². The van der Waals surface area contributed by atoms with Crippen LogP contribution in [0, 0.1) is 0 Å². The Morgan fingerprint density at radius 2 is 1.83 bits per heavy atom. The molecular formula is C20H21N3O. The minimum atomic E-state index is 0.0967. The van der Waals surface area contributed by atoms with E-state index in [9.17, 15) is 4.79 Å². The van der Waals surface area contributed by atoms with Gasteiger partial charge >= 0.3 is 0 Å². The van der Waals surface area contributed by atoms with E-state index in [2.05, 4.69) is 47.6 Å². The van der Waals surface area contributed by atoms with Crippen LogP contribution < -0.4 is 0 Å². The second-order valence-corrected chi connectivity index (χ2v) is 6.54. The number of hydrogen-bond acceptors (Lipinski definition) is 2. The number of rotatable bonds is 2. The van der Waals surface area contributed by atoms with Gasteiger partial charge in [0.25, 0.3) is 5.91 Å². The third-order valence-corrected chi connectivity index (χ3v) is 5.00. The van der Waals surface area contributed by atoms with E-state index in [1.807, 2.05) is 11.9 Å². The molecule has 24 heavy (non-hydrogen) atoms. The van der Waals surface area contributed by atoms with Gasteiger partial charge in [0.2, 0.25) is 0 Å². The van der Waals surface area contributed by atoms with E-state index in [0.29, 0.717) is 11.5 Å². The van der Waals surface area contributed by atoms with Crippen molar-refractivity contribution in [2.24, 2.45) is 7.05 Å². The van der Waals surface area contributed by atoms with Crippen LogP contribution in [0.1, 0.15) is 34.7 Å². The molecule has 0 N–H and O–H groups in total. The maximum absolute atomic E-state index is 12.5. The second kappa shape index (κ2) is 6.11. The van der Waals surface area contributed by atoms with Crippen molar-refractivity contribution in [2.45, 2.75) is 18.8 Å².